The molecule has 1 N–H and O–H groups in total. The van der Waals surface area contributed by atoms with E-state index in [1.165, 1.54) is 0 Å². The number of nitrogens with zero attached hydrogens (tertiary/aromatic N) is 2. The van der Waals surface area contributed by atoms with Gasteiger partial charge in [0.25, 0.3) is 0 Å². The molecule has 0 spiro atoms. The largest absolute Gasteiger partial charge is 0.513 e. The number of benzene rings is 2. The first-order chi connectivity index (χ1) is 11.8. The highest BCUT2D eigenvalue weighted by molar-refractivity contribution is 6.58. The van der Waals surface area contributed by atoms with E-state index in [1.54, 1.807) is 0 Å². The molecule has 0 radical (unpaired) electrons. The first-order valence-corrected chi connectivity index (χ1v) is 7.86. The maximum Gasteiger partial charge on any atom is 0.513 e. The predicted molar refractivity (Wildman–Crippen MR) is 98.7 cm³/mol. The zero-order valence-electron chi connectivity index (χ0n) is 13.0. The van der Waals surface area contributed by atoms with E-state index in [0.717, 1.165) is 27.8 Å². The molecule has 2 aromatic carbocycles. The van der Waals surface area contributed by atoms with Crippen molar-refractivity contribution in [3.63, 3.8) is 0 Å². The van der Waals surface area contributed by atoms with Crippen molar-refractivity contribution in [3.8, 4) is 5.69 Å². The Morgan fingerprint density at radius 2 is 1.79 bits per heavy atom. The number of hydrogen-bond acceptors (Lipinski definition) is 3. The van der Waals surface area contributed by atoms with Crippen molar-refractivity contribution in [2.24, 2.45) is 5.09 Å². The van der Waals surface area contributed by atoms with Crippen molar-refractivity contribution in [2.45, 2.75) is 6.42 Å². The van der Waals surface area contributed by atoms with Crippen LogP contribution in [0.4, 0.5) is 0 Å². The minimum atomic E-state index is -1.31. The molecule has 0 unspecified atom stereocenters. The van der Waals surface area contributed by atoms with E-state index in [9.17, 15) is 9.93 Å². The van der Waals surface area contributed by atoms with Crippen molar-refractivity contribution in [1.82, 2.24) is 4.57 Å². The van der Waals surface area contributed by atoms with Crippen LogP contribution in [0.25, 0.3) is 28.7 Å². The van der Waals surface area contributed by atoms with Crippen molar-refractivity contribution in [2.75, 3.05) is 0 Å². The van der Waals surface area contributed by atoms with Gasteiger partial charge in [-0.05, 0) is 36.2 Å². The Balaban J connectivity index is 2.05. The summed E-state index contributed by atoms with van der Waals surface area (Å²) < 4.78 is 2.20. The molecule has 1 aromatic heterocycles. The van der Waals surface area contributed by atoms with Gasteiger partial charge in [0.15, 0.2) is 0 Å². The standard InChI is InChI=1S/C19H15BN2O2/c23-20(21-24)14-7-6-12-19-17(13-14)16-10-4-5-11-18(16)22(19)15-8-2-1-3-9-15/h1-6,8-13,23H,7H2. The first-order valence-electron chi connectivity index (χ1n) is 7.86. The van der Waals surface area contributed by atoms with E-state index in [2.05, 4.69) is 33.9 Å². The Kier molecular flexibility index (Phi) is 3.63. The summed E-state index contributed by atoms with van der Waals surface area (Å²) in [4.78, 5) is 10.7. The van der Waals surface area contributed by atoms with E-state index >= 15 is 0 Å². The molecule has 0 aliphatic heterocycles. The average molecular weight is 314 g/mol. The molecule has 0 amide bonds. The van der Waals surface area contributed by atoms with Gasteiger partial charge < -0.3 is 9.59 Å². The van der Waals surface area contributed by atoms with E-state index in [1.807, 2.05) is 48.6 Å². The minimum absolute atomic E-state index is 0.505. The van der Waals surface area contributed by atoms with Gasteiger partial charge in [-0.1, -0.05) is 53.6 Å². The number of para-hydroxylation sites is 2. The van der Waals surface area contributed by atoms with Crippen molar-refractivity contribution in [3.05, 3.63) is 82.3 Å². The number of allylic oxidation sites excluding steroid dienone is 2. The summed E-state index contributed by atoms with van der Waals surface area (Å²) in [6, 6.07) is 18.3. The quantitative estimate of drug-likeness (QED) is 0.581. The van der Waals surface area contributed by atoms with Crippen LogP contribution in [-0.2, 0) is 0 Å². The molecule has 24 heavy (non-hydrogen) atoms. The second-order valence-electron chi connectivity index (χ2n) is 5.79. The Labute approximate surface area is 139 Å². The summed E-state index contributed by atoms with van der Waals surface area (Å²) in [7, 11) is -1.31. The molecule has 0 bridgehead atoms. The molecule has 0 fully saturated rings. The maximum absolute atomic E-state index is 10.7. The lowest BCUT2D eigenvalue weighted by Gasteiger charge is -2.08. The summed E-state index contributed by atoms with van der Waals surface area (Å²) in [6.07, 6.45) is 6.40. The number of nitroso groups, excluding NO2 is 1. The number of rotatable bonds is 3. The van der Waals surface area contributed by atoms with Gasteiger partial charge in [-0.2, -0.15) is 4.91 Å². The number of hydrogen-bond donors (Lipinski definition) is 1. The summed E-state index contributed by atoms with van der Waals surface area (Å²) in [6.45, 7) is 0. The zero-order chi connectivity index (χ0) is 16.5. The average Bonchev–Trinajstić information content (AvgIpc) is 2.79. The SMILES string of the molecule is O=NB(O)C1=Cc2c(n(-c3ccccc3)c3ccccc23)C=CC1. The van der Waals surface area contributed by atoms with Crippen LogP contribution in [0.1, 0.15) is 17.7 Å². The zero-order valence-corrected chi connectivity index (χ0v) is 13.0. The summed E-state index contributed by atoms with van der Waals surface area (Å²) >= 11 is 0. The molecular formula is C19H15BN2O2. The molecule has 0 saturated heterocycles. The van der Waals surface area contributed by atoms with Crippen LogP contribution in [0.5, 0.6) is 0 Å². The Morgan fingerprint density at radius 3 is 2.58 bits per heavy atom. The maximum atomic E-state index is 10.7. The van der Waals surface area contributed by atoms with Gasteiger partial charge in [0.1, 0.15) is 0 Å². The Morgan fingerprint density at radius 1 is 1.04 bits per heavy atom. The van der Waals surface area contributed by atoms with Gasteiger partial charge >= 0.3 is 7.05 Å². The molecule has 0 atom stereocenters. The highest BCUT2D eigenvalue weighted by Gasteiger charge is 2.23. The van der Waals surface area contributed by atoms with Gasteiger partial charge in [0.2, 0.25) is 0 Å². The molecular weight excluding hydrogens is 299 g/mol. The first kappa shape index (κ1) is 14.7. The molecule has 1 aliphatic carbocycles. The van der Waals surface area contributed by atoms with Gasteiger partial charge in [0.05, 0.1) is 11.2 Å². The third-order valence-corrected chi connectivity index (χ3v) is 4.36. The molecule has 5 heteroatoms. The molecule has 1 heterocycles. The van der Waals surface area contributed by atoms with Gasteiger partial charge in [-0.25, -0.2) is 0 Å². The second kappa shape index (κ2) is 5.94. The normalized spacial score (nSPS) is 13.3. The van der Waals surface area contributed by atoms with E-state index in [4.69, 9.17) is 0 Å². The van der Waals surface area contributed by atoms with Crippen LogP contribution in [0, 0.1) is 4.91 Å². The van der Waals surface area contributed by atoms with Crippen LogP contribution < -0.4 is 0 Å². The van der Waals surface area contributed by atoms with E-state index < -0.39 is 7.05 Å². The molecule has 4 rings (SSSR count). The van der Waals surface area contributed by atoms with Crippen LogP contribution in [0.2, 0.25) is 0 Å². The van der Waals surface area contributed by atoms with Gasteiger partial charge in [0, 0.05) is 16.6 Å². The van der Waals surface area contributed by atoms with Gasteiger partial charge in [-0.15, -0.1) is 0 Å². The fraction of sp³-hybridized carbons (Fsp3) is 0.0526. The fourth-order valence-corrected chi connectivity index (χ4v) is 3.25. The molecule has 4 nitrogen and oxygen atoms in total. The lowest BCUT2D eigenvalue weighted by Crippen LogP contribution is -2.11. The molecule has 0 saturated carbocycles. The minimum Gasteiger partial charge on any atom is -0.425 e. The Bertz CT molecular complexity index is 974. The summed E-state index contributed by atoms with van der Waals surface area (Å²) in [5.41, 5.74) is 4.81. The van der Waals surface area contributed by atoms with Gasteiger partial charge in [-0.3, -0.25) is 0 Å². The predicted octanol–water partition coefficient (Wildman–Crippen LogP) is 4.22. The number of fused-ring (bicyclic) bond motifs is 3. The lowest BCUT2D eigenvalue weighted by atomic mass is 9.72. The topological polar surface area (TPSA) is 54.6 Å². The monoisotopic (exact) mass is 314 g/mol. The summed E-state index contributed by atoms with van der Waals surface area (Å²) in [5, 5.41) is 13.7. The smallest absolute Gasteiger partial charge is 0.425 e. The molecule has 3 aromatic rings. The third-order valence-electron chi connectivity index (χ3n) is 4.36. The van der Waals surface area contributed by atoms with Crippen LogP contribution >= 0.6 is 0 Å². The molecule has 1 aliphatic rings. The Hall–Kier alpha value is -2.92. The fourth-order valence-electron chi connectivity index (χ4n) is 3.25. The third kappa shape index (κ3) is 2.30. The summed E-state index contributed by atoms with van der Waals surface area (Å²) in [5.74, 6) is 0. The van der Waals surface area contributed by atoms with Crippen molar-refractivity contribution < 1.29 is 5.02 Å². The van der Waals surface area contributed by atoms with Crippen molar-refractivity contribution in [1.29, 1.82) is 0 Å². The number of aromatic nitrogens is 1. The highest BCUT2D eigenvalue weighted by Crippen LogP contribution is 2.34. The van der Waals surface area contributed by atoms with E-state index in [0.29, 0.717) is 11.9 Å². The van der Waals surface area contributed by atoms with Crippen LogP contribution in [0.3, 0.4) is 0 Å². The van der Waals surface area contributed by atoms with Crippen molar-refractivity contribution >= 4 is 30.1 Å². The molecule has 116 valence electrons. The van der Waals surface area contributed by atoms with E-state index in [-0.39, 0.29) is 0 Å². The van der Waals surface area contributed by atoms with Crippen LogP contribution in [-0.4, -0.2) is 16.6 Å². The van der Waals surface area contributed by atoms with Crippen LogP contribution in [0.15, 0.2) is 71.2 Å². The highest BCUT2D eigenvalue weighted by atomic mass is 16.3. The lowest BCUT2D eigenvalue weighted by molar-refractivity contribution is 0.581. The second-order valence-corrected chi connectivity index (χ2v) is 5.79.